The second-order valence-corrected chi connectivity index (χ2v) is 7.93. The number of carboxylic acids is 1. The van der Waals surface area contributed by atoms with E-state index >= 15 is 0 Å². The minimum atomic E-state index is -0.885. The number of fused-ring (bicyclic) bond motifs is 3. The van der Waals surface area contributed by atoms with Crippen molar-refractivity contribution in [3.8, 4) is 5.75 Å². The molecule has 0 amide bonds. The molecule has 150 valence electrons. The Balaban J connectivity index is 1.36. The SMILES string of the molecule is O=C(O)c1ccc2c(c1)[C@@H]1C=CC[C@@H]1[C@H](c1ccc(OCc3ccccc3)cc1)N2. The van der Waals surface area contributed by atoms with E-state index in [2.05, 4.69) is 41.7 Å². The van der Waals surface area contributed by atoms with Gasteiger partial charge >= 0.3 is 5.97 Å². The van der Waals surface area contributed by atoms with Crippen molar-refractivity contribution < 1.29 is 14.6 Å². The monoisotopic (exact) mass is 397 g/mol. The molecule has 3 aromatic carbocycles. The number of anilines is 1. The molecule has 4 heteroatoms. The number of hydrogen-bond donors (Lipinski definition) is 2. The first-order valence-corrected chi connectivity index (χ1v) is 10.3. The van der Waals surface area contributed by atoms with Crippen LogP contribution in [0.3, 0.4) is 0 Å². The minimum Gasteiger partial charge on any atom is -0.489 e. The van der Waals surface area contributed by atoms with Gasteiger partial charge in [0.2, 0.25) is 0 Å². The van der Waals surface area contributed by atoms with Gasteiger partial charge in [-0.25, -0.2) is 4.79 Å². The summed E-state index contributed by atoms with van der Waals surface area (Å²) in [6.45, 7) is 0.551. The lowest BCUT2D eigenvalue weighted by molar-refractivity contribution is 0.0696. The summed E-state index contributed by atoms with van der Waals surface area (Å²) >= 11 is 0. The second-order valence-electron chi connectivity index (χ2n) is 7.93. The zero-order valence-corrected chi connectivity index (χ0v) is 16.5. The Morgan fingerprint density at radius 3 is 2.60 bits per heavy atom. The third kappa shape index (κ3) is 3.45. The average molecular weight is 397 g/mol. The number of carbonyl (C=O) groups is 1. The van der Waals surface area contributed by atoms with Gasteiger partial charge in [-0.1, -0.05) is 54.6 Å². The molecule has 0 aromatic heterocycles. The number of hydrogen-bond acceptors (Lipinski definition) is 3. The summed E-state index contributed by atoms with van der Waals surface area (Å²) in [6.07, 6.45) is 5.41. The van der Waals surface area contributed by atoms with Crippen LogP contribution in [-0.4, -0.2) is 11.1 Å². The van der Waals surface area contributed by atoms with Gasteiger partial charge in [0, 0.05) is 11.6 Å². The van der Waals surface area contributed by atoms with Gasteiger partial charge in [-0.3, -0.25) is 0 Å². The molecule has 2 aliphatic rings. The first-order chi connectivity index (χ1) is 14.7. The highest BCUT2D eigenvalue weighted by atomic mass is 16.5. The van der Waals surface area contributed by atoms with E-state index in [1.54, 1.807) is 6.07 Å². The summed E-state index contributed by atoms with van der Waals surface area (Å²) in [5, 5.41) is 13.0. The molecule has 1 heterocycles. The summed E-state index contributed by atoms with van der Waals surface area (Å²) in [5.41, 5.74) is 4.80. The van der Waals surface area contributed by atoms with E-state index in [1.165, 1.54) is 5.56 Å². The van der Waals surface area contributed by atoms with Crippen molar-refractivity contribution in [1.82, 2.24) is 0 Å². The Morgan fingerprint density at radius 1 is 1.03 bits per heavy atom. The van der Waals surface area contributed by atoms with E-state index in [9.17, 15) is 9.90 Å². The maximum Gasteiger partial charge on any atom is 0.335 e. The van der Waals surface area contributed by atoms with Gasteiger partial charge in [-0.15, -0.1) is 0 Å². The highest BCUT2D eigenvalue weighted by Gasteiger charge is 2.38. The van der Waals surface area contributed by atoms with Gasteiger partial charge in [0.1, 0.15) is 12.4 Å². The molecular formula is C26H23NO3. The fraction of sp³-hybridized carbons (Fsp3) is 0.192. The van der Waals surface area contributed by atoms with E-state index in [4.69, 9.17) is 4.74 Å². The average Bonchev–Trinajstić information content (AvgIpc) is 3.28. The summed E-state index contributed by atoms with van der Waals surface area (Å²) in [7, 11) is 0. The number of carboxylic acid groups (broad SMARTS) is 1. The highest BCUT2D eigenvalue weighted by Crippen LogP contribution is 2.50. The number of ether oxygens (including phenoxy) is 1. The van der Waals surface area contributed by atoms with Gasteiger partial charge in [0.05, 0.1) is 11.6 Å². The first kappa shape index (κ1) is 18.5. The van der Waals surface area contributed by atoms with Gasteiger partial charge in [-0.05, 0) is 59.4 Å². The summed E-state index contributed by atoms with van der Waals surface area (Å²) in [5.74, 6) is 0.577. The van der Waals surface area contributed by atoms with Crippen LogP contribution in [0.2, 0.25) is 0 Å². The molecule has 2 N–H and O–H groups in total. The number of aromatic carboxylic acids is 1. The highest BCUT2D eigenvalue weighted by molar-refractivity contribution is 5.89. The lowest BCUT2D eigenvalue weighted by Crippen LogP contribution is -2.29. The van der Waals surface area contributed by atoms with Crippen LogP contribution in [0.25, 0.3) is 0 Å². The Hall–Kier alpha value is -3.53. The smallest absolute Gasteiger partial charge is 0.335 e. The van der Waals surface area contributed by atoms with E-state index in [1.807, 2.05) is 42.5 Å². The fourth-order valence-electron chi connectivity index (χ4n) is 4.57. The molecule has 0 fully saturated rings. The Morgan fingerprint density at radius 2 is 1.83 bits per heavy atom. The molecule has 3 aromatic rings. The number of nitrogens with one attached hydrogen (secondary N) is 1. The zero-order chi connectivity index (χ0) is 20.5. The van der Waals surface area contributed by atoms with Crippen molar-refractivity contribution in [1.29, 1.82) is 0 Å². The lowest BCUT2D eigenvalue weighted by Gasteiger charge is -2.37. The van der Waals surface area contributed by atoms with Crippen molar-refractivity contribution in [2.24, 2.45) is 5.92 Å². The van der Waals surface area contributed by atoms with Gasteiger partial charge < -0.3 is 15.2 Å². The second kappa shape index (κ2) is 7.71. The molecule has 0 unspecified atom stereocenters. The third-order valence-electron chi connectivity index (χ3n) is 6.10. The molecule has 30 heavy (non-hydrogen) atoms. The predicted octanol–water partition coefficient (Wildman–Crippen LogP) is 5.79. The van der Waals surface area contributed by atoms with Crippen LogP contribution >= 0.6 is 0 Å². The van der Waals surface area contributed by atoms with Gasteiger partial charge in [-0.2, -0.15) is 0 Å². The molecule has 5 rings (SSSR count). The molecule has 0 spiro atoms. The maximum atomic E-state index is 11.4. The van der Waals surface area contributed by atoms with Crippen LogP contribution < -0.4 is 10.1 Å². The largest absolute Gasteiger partial charge is 0.489 e. The molecule has 1 aliphatic carbocycles. The van der Waals surface area contributed by atoms with Crippen LogP contribution in [0.1, 0.15) is 45.4 Å². The Kier molecular flexibility index (Phi) is 4.75. The van der Waals surface area contributed by atoms with E-state index in [0.717, 1.165) is 29.0 Å². The van der Waals surface area contributed by atoms with Crippen LogP contribution in [0.15, 0.2) is 84.9 Å². The molecule has 0 bridgehead atoms. The van der Waals surface area contributed by atoms with Crippen molar-refractivity contribution >= 4 is 11.7 Å². The standard InChI is InChI=1S/C26H23NO3/c28-26(29)19-11-14-24-23(15-19)21-7-4-8-22(21)25(27-24)18-9-12-20(13-10-18)30-16-17-5-2-1-3-6-17/h1-7,9-15,21-22,25,27H,8,16H2,(H,28,29)/t21-,22+,25+/m1/s1. The van der Waals surface area contributed by atoms with Crippen LogP contribution in [0.4, 0.5) is 5.69 Å². The van der Waals surface area contributed by atoms with Crippen molar-refractivity contribution in [2.75, 3.05) is 5.32 Å². The third-order valence-corrected chi connectivity index (χ3v) is 6.10. The van der Waals surface area contributed by atoms with Crippen molar-refractivity contribution in [3.05, 3.63) is 107 Å². The van der Waals surface area contributed by atoms with E-state index in [-0.39, 0.29) is 12.0 Å². The predicted molar refractivity (Wildman–Crippen MR) is 117 cm³/mol. The van der Waals surface area contributed by atoms with Gasteiger partial charge in [0.25, 0.3) is 0 Å². The number of rotatable bonds is 5. The molecule has 4 nitrogen and oxygen atoms in total. The summed E-state index contributed by atoms with van der Waals surface area (Å²) in [6, 6.07) is 24.0. The summed E-state index contributed by atoms with van der Waals surface area (Å²) in [4.78, 5) is 11.4. The fourth-order valence-corrected chi connectivity index (χ4v) is 4.57. The van der Waals surface area contributed by atoms with Crippen LogP contribution in [0, 0.1) is 5.92 Å². The van der Waals surface area contributed by atoms with Crippen molar-refractivity contribution in [3.63, 3.8) is 0 Å². The minimum absolute atomic E-state index is 0.177. The van der Waals surface area contributed by atoms with Gasteiger partial charge in [0.15, 0.2) is 0 Å². The Bertz CT molecular complexity index is 1090. The topological polar surface area (TPSA) is 58.6 Å². The molecule has 0 radical (unpaired) electrons. The summed E-state index contributed by atoms with van der Waals surface area (Å²) < 4.78 is 5.92. The molecule has 3 atom stereocenters. The lowest BCUT2D eigenvalue weighted by atomic mass is 9.76. The van der Waals surface area contributed by atoms with E-state index in [0.29, 0.717) is 18.1 Å². The Labute approximate surface area is 175 Å². The van der Waals surface area contributed by atoms with Crippen LogP contribution in [0.5, 0.6) is 5.75 Å². The first-order valence-electron chi connectivity index (χ1n) is 10.3. The maximum absolute atomic E-state index is 11.4. The number of benzene rings is 3. The molecule has 0 saturated carbocycles. The molecule has 0 saturated heterocycles. The molecule has 1 aliphatic heterocycles. The van der Waals surface area contributed by atoms with E-state index < -0.39 is 5.97 Å². The normalized spacial score (nSPS) is 21.4. The molecular weight excluding hydrogens is 374 g/mol. The van der Waals surface area contributed by atoms with Crippen LogP contribution in [-0.2, 0) is 6.61 Å². The zero-order valence-electron chi connectivity index (χ0n) is 16.5. The number of allylic oxidation sites excluding steroid dienone is 2. The quantitative estimate of drug-likeness (QED) is 0.535. The van der Waals surface area contributed by atoms with Crippen molar-refractivity contribution in [2.45, 2.75) is 25.0 Å².